The van der Waals surface area contributed by atoms with Crippen LogP contribution >= 0.6 is 0 Å². The number of hydrogen-bond donors (Lipinski definition) is 0. The molecule has 1 aliphatic heterocycles. The third-order valence-corrected chi connectivity index (χ3v) is 15.2. The predicted octanol–water partition coefficient (Wildman–Crippen LogP) is 4.51. The maximum absolute atomic E-state index is 14.4. The van der Waals surface area contributed by atoms with Gasteiger partial charge in [0, 0.05) is 11.8 Å². The Morgan fingerprint density at radius 2 is 1.00 bits per heavy atom. The average Bonchev–Trinajstić information content (AvgIpc) is 3.79. The molecule has 9 rings (SSSR count). The third-order valence-electron chi connectivity index (χ3n) is 11.2. The molecule has 2 aromatic carbocycles. The molecule has 2 spiro atoms. The second-order valence-corrected chi connectivity index (χ2v) is 15.9. The minimum Gasteiger partial charge on any atom is -0.360 e. The predicted molar refractivity (Wildman–Crippen MR) is 127 cm³/mol. The van der Waals surface area contributed by atoms with Gasteiger partial charge >= 0.3 is 0 Å². The van der Waals surface area contributed by atoms with Gasteiger partial charge in [0.2, 0.25) is 19.7 Å². The van der Waals surface area contributed by atoms with E-state index in [1.54, 1.807) is 60.7 Å². The molecule has 6 atom stereocenters. The molecule has 7 aliphatic rings. The van der Waals surface area contributed by atoms with Crippen LogP contribution in [0.4, 0.5) is 0 Å². The van der Waals surface area contributed by atoms with E-state index < -0.39 is 30.9 Å². The van der Waals surface area contributed by atoms with E-state index >= 15 is 0 Å². The molecular weight excluding hydrogens is 480 g/mol. The number of hydrogen-bond acceptors (Lipinski definition) is 5. The van der Waals surface area contributed by atoms with Crippen LogP contribution in [0.2, 0.25) is 0 Å². The molecule has 0 radical (unpaired) electrons. The average molecular weight is 507 g/mol. The maximum Gasteiger partial charge on any atom is 0.204 e. The van der Waals surface area contributed by atoms with Gasteiger partial charge < -0.3 is 4.74 Å². The fraction of sp³-hybridized carbons (Fsp3) is 0.500. The minimum atomic E-state index is -4.01. The lowest BCUT2D eigenvalue weighted by atomic mass is 9.73. The summed E-state index contributed by atoms with van der Waals surface area (Å²) in [7, 11) is -8.02. The van der Waals surface area contributed by atoms with Crippen LogP contribution in [0.5, 0.6) is 0 Å². The summed E-state index contributed by atoms with van der Waals surface area (Å²) in [4.78, 5) is 0.718. The van der Waals surface area contributed by atoms with Crippen LogP contribution in [0.15, 0.2) is 80.3 Å². The van der Waals surface area contributed by atoms with E-state index in [1.807, 2.05) is 0 Å². The smallest absolute Gasteiger partial charge is 0.204 e. The van der Waals surface area contributed by atoms with Gasteiger partial charge in [-0.15, -0.1) is 0 Å². The number of epoxide rings is 1. The number of rotatable bonds is 4. The van der Waals surface area contributed by atoms with Crippen molar-refractivity contribution in [2.75, 3.05) is 0 Å². The van der Waals surface area contributed by atoms with Gasteiger partial charge in [-0.1, -0.05) is 36.4 Å². The molecule has 4 bridgehead atoms. The molecule has 2 aromatic rings. The highest BCUT2D eigenvalue weighted by Crippen LogP contribution is 2.98. The standard InChI is InChI=1S/C28H26O5S2/c29-34(30,17-7-3-1-4-8-17)21-22(35(31,32)18-9-5-2-6-10-18)24-26(15-16-26)23(21)27-19-11-12-20(25(19)13-14-25)28(24,27)33-27/h1-10,19-20,23-24H,11-16H2/t19-,20-,23-,24-,27-,28+/m0/s1. The fourth-order valence-electron chi connectivity index (χ4n) is 10.2. The molecule has 6 aliphatic carbocycles. The third kappa shape index (κ3) is 1.82. The van der Waals surface area contributed by atoms with E-state index in [2.05, 4.69) is 0 Å². The van der Waals surface area contributed by atoms with Gasteiger partial charge in [0.15, 0.2) is 0 Å². The van der Waals surface area contributed by atoms with Gasteiger partial charge in [0.1, 0.15) is 11.2 Å². The fourth-order valence-corrected chi connectivity index (χ4v) is 14.6. The van der Waals surface area contributed by atoms with Gasteiger partial charge in [0.25, 0.3) is 0 Å². The van der Waals surface area contributed by atoms with Crippen LogP contribution in [-0.4, -0.2) is 28.0 Å². The normalized spacial score (nSPS) is 41.9. The van der Waals surface area contributed by atoms with E-state index in [0.717, 1.165) is 25.7 Å². The van der Waals surface area contributed by atoms with Crippen LogP contribution in [0.3, 0.4) is 0 Å². The summed E-state index contributed by atoms with van der Waals surface area (Å²) < 4.78 is 64.4. The highest BCUT2D eigenvalue weighted by Gasteiger charge is 3.04. The van der Waals surface area contributed by atoms with Crippen LogP contribution < -0.4 is 0 Å². The number of sulfone groups is 2. The molecule has 180 valence electrons. The Kier molecular flexibility index (Phi) is 3.15. The highest BCUT2D eigenvalue weighted by atomic mass is 32.2. The second kappa shape index (κ2) is 5.48. The SMILES string of the molecule is O=S(=O)(C1=C(S(=O)(=O)c2ccccc2)[C@H]2C3(CC3)[C@H]1[C@@]13O[C@@]21[C@H]1CC[C@H]3C12CC2)c1ccccc1. The molecule has 35 heavy (non-hydrogen) atoms. The van der Waals surface area contributed by atoms with Crippen LogP contribution in [0.1, 0.15) is 38.5 Å². The molecule has 5 nitrogen and oxygen atoms in total. The molecule has 1 heterocycles. The Labute approximate surface area is 205 Å². The number of ether oxygens (including phenoxy) is 1. The van der Waals surface area contributed by atoms with Crippen LogP contribution in [-0.2, 0) is 24.4 Å². The molecule has 0 amide bonds. The first-order chi connectivity index (χ1) is 16.8. The summed E-state index contributed by atoms with van der Waals surface area (Å²) in [5, 5.41) is 0. The van der Waals surface area contributed by atoms with Crippen molar-refractivity contribution in [3.8, 4) is 0 Å². The number of benzene rings is 2. The van der Waals surface area contributed by atoms with Gasteiger partial charge in [0.05, 0.1) is 19.6 Å². The quantitative estimate of drug-likeness (QED) is 0.570. The largest absolute Gasteiger partial charge is 0.360 e. The van der Waals surface area contributed by atoms with Crippen molar-refractivity contribution < 1.29 is 21.6 Å². The summed E-state index contributed by atoms with van der Waals surface area (Å²) in [6, 6.07) is 16.8. The van der Waals surface area contributed by atoms with Gasteiger partial charge in [-0.05, 0) is 85.5 Å². The van der Waals surface area contributed by atoms with E-state index in [4.69, 9.17) is 4.74 Å². The molecule has 0 unspecified atom stereocenters. The van der Waals surface area contributed by atoms with E-state index in [1.165, 1.54) is 12.8 Å². The van der Waals surface area contributed by atoms with Crippen molar-refractivity contribution >= 4 is 19.7 Å². The Balaban J connectivity index is 1.37. The van der Waals surface area contributed by atoms with E-state index in [9.17, 15) is 16.8 Å². The first kappa shape index (κ1) is 20.1. The first-order valence-electron chi connectivity index (χ1n) is 12.8. The maximum atomic E-state index is 14.4. The monoisotopic (exact) mass is 506 g/mol. The Hall–Kier alpha value is -1.96. The molecule has 1 saturated heterocycles. The van der Waals surface area contributed by atoms with Crippen LogP contribution in [0.25, 0.3) is 0 Å². The van der Waals surface area contributed by atoms with Crippen molar-refractivity contribution in [2.45, 2.75) is 59.5 Å². The summed E-state index contributed by atoms with van der Waals surface area (Å²) in [6.45, 7) is 0. The zero-order valence-electron chi connectivity index (χ0n) is 19.2. The molecule has 7 heteroatoms. The van der Waals surface area contributed by atoms with Gasteiger partial charge in [-0.3, -0.25) is 0 Å². The lowest BCUT2D eigenvalue weighted by Gasteiger charge is -2.33. The molecule has 5 saturated carbocycles. The molecular formula is C28H26O5S2. The summed E-state index contributed by atoms with van der Waals surface area (Å²) in [6.07, 6.45) is 6.33. The van der Waals surface area contributed by atoms with Crippen molar-refractivity contribution in [1.82, 2.24) is 0 Å². The lowest BCUT2D eigenvalue weighted by molar-refractivity contribution is 0.0112. The van der Waals surface area contributed by atoms with Crippen molar-refractivity contribution in [2.24, 2.45) is 34.5 Å². The van der Waals surface area contributed by atoms with Gasteiger partial charge in [-0.25, -0.2) is 16.8 Å². The Bertz CT molecular complexity index is 1470. The highest BCUT2D eigenvalue weighted by molar-refractivity contribution is 7.99. The minimum absolute atomic E-state index is 0.173. The molecule has 6 fully saturated rings. The van der Waals surface area contributed by atoms with Crippen molar-refractivity contribution in [3.05, 3.63) is 70.5 Å². The van der Waals surface area contributed by atoms with Crippen LogP contribution in [0, 0.1) is 34.5 Å². The zero-order valence-corrected chi connectivity index (χ0v) is 20.8. The first-order valence-corrected chi connectivity index (χ1v) is 15.8. The lowest BCUT2D eigenvalue weighted by Crippen LogP contribution is -2.41. The van der Waals surface area contributed by atoms with E-state index in [0.29, 0.717) is 11.8 Å². The Morgan fingerprint density at radius 1 is 0.600 bits per heavy atom. The zero-order chi connectivity index (χ0) is 23.6. The second-order valence-electron chi connectivity index (χ2n) is 12.1. The van der Waals surface area contributed by atoms with Crippen molar-refractivity contribution in [3.63, 3.8) is 0 Å². The van der Waals surface area contributed by atoms with E-state index in [-0.39, 0.29) is 42.3 Å². The van der Waals surface area contributed by atoms with Gasteiger partial charge in [-0.2, -0.15) is 0 Å². The topological polar surface area (TPSA) is 80.8 Å². The summed E-state index contributed by atoms with van der Waals surface area (Å²) >= 11 is 0. The molecule has 0 N–H and O–H groups in total. The molecule has 0 aromatic heterocycles. The van der Waals surface area contributed by atoms with Crippen molar-refractivity contribution in [1.29, 1.82) is 0 Å². The summed E-state index contributed by atoms with van der Waals surface area (Å²) in [5.74, 6) is 0.0572. The Morgan fingerprint density at radius 3 is 1.37 bits per heavy atom. The summed E-state index contributed by atoms with van der Waals surface area (Å²) in [5.41, 5.74) is -0.955.